The summed E-state index contributed by atoms with van der Waals surface area (Å²) in [6.45, 7) is 9.28. The van der Waals surface area contributed by atoms with Gasteiger partial charge in [0.2, 0.25) is 0 Å². The SMILES string of the molecule is C=CCCCCCC(CCc1ccccc1C)NCC. The predicted octanol–water partition coefficient (Wildman–Crippen LogP) is 5.04. The minimum atomic E-state index is 0.670. The molecule has 1 N–H and O–H groups in total. The Bertz CT molecular complexity index is 370. The standard InChI is InChI=1S/C19H31N/c1-4-6-7-8-9-14-19(20-5-2)16-15-18-13-11-10-12-17(18)3/h4,10-13,19-20H,1,5-9,14-16H2,2-3H3. The molecule has 1 heteroatoms. The van der Waals surface area contributed by atoms with E-state index in [-0.39, 0.29) is 0 Å². The molecule has 0 saturated carbocycles. The molecule has 1 atom stereocenters. The van der Waals surface area contributed by atoms with Gasteiger partial charge in [-0.2, -0.15) is 0 Å². The minimum absolute atomic E-state index is 0.670. The van der Waals surface area contributed by atoms with Crippen molar-refractivity contribution in [2.75, 3.05) is 6.54 Å². The average molecular weight is 273 g/mol. The summed E-state index contributed by atoms with van der Waals surface area (Å²) >= 11 is 0. The molecule has 0 heterocycles. The van der Waals surface area contributed by atoms with E-state index in [4.69, 9.17) is 0 Å². The quantitative estimate of drug-likeness (QED) is 0.440. The summed E-state index contributed by atoms with van der Waals surface area (Å²) in [5.41, 5.74) is 2.93. The highest BCUT2D eigenvalue weighted by molar-refractivity contribution is 5.25. The summed E-state index contributed by atoms with van der Waals surface area (Å²) in [6.07, 6.45) is 10.9. The van der Waals surface area contributed by atoms with Crippen molar-refractivity contribution in [3.05, 3.63) is 48.0 Å². The Hall–Kier alpha value is -1.08. The highest BCUT2D eigenvalue weighted by atomic mass is 14.9. The molecule has 0 fully saturated rings. The zero-order valence-corrected chi connectivity index (χ0v) is 13.3. The molecule has 0 aliphatic heterocycles. The Morgan fingerprint density at radius 2 is 1.95 bits per heavy atom. The van der Waals surface area contributed by atoms with Crippen LogP contribution >= 0.6 is 0 Å². The lowest BCUT2D eigenvalue weighted by Gasteiger charge is -2.18. The highest BCUT2D eigenvalue weighted by Crippen LogP contribution is 2.14. The Labute approximate surface area is 125 Å². The van der Waals surface area contributed by atoms with Crippen LogP contribution in [0.2, 0.25) is 0 Å². The number of rotatable bonds is 11. The van der Waals surface area contributed by atoms with Gasteiger partial charge in [-0.1, -0.05) is 50.1 Å². The maximum absolute atomic E-state index is 3.78. The maximum Gasteiger partial charge on any atom is 0.00701 e. The number of unbranched alkanes of at least 4 members (excludes halogenated alkanes) is 3. The second-order valence-electron chi connectivity index (χ2n) is 5.65. The Kier molecular flexibility index (Phi) is 9.06. The summed E-state index contributed by atoms with van der Waals surface area (Å²) in [6, 6.07) is 9.43. The van der Waals surface area contributed by atoms with Crippen LogP contribution in [-0.4, -0.2) is 12.6 Å². The molecule has 112 valence electrons. The van der Waals surface area contributed by atoms with Crippen LogP contribution < -0.4 is 5.32 Å². The van der Waals surface area contributed by atoms with E-state index in [0.717, 1.165) is 13.0 Å². The van der Waals surface area contributed by atoms with Gasteiger partial charge in [0, 0.05) is 6.04 Å². The van der Waals surface area contributed by atoms with E-state index in [9.17, 15) is 0 Å². The zero-order valence-electron chi connectivity index (χ0n) is 13.3. The summed E-state index contributed by atoms with van der Waals surface area (Å²) in [5, 5.41) is 3.64. The molecule has 0 bridgehead atoms. The van der Waals surface area contributed by atoms with Crippen molar-refractivity contribution in [1.29, 1.82) is 0 Å². The molecule has 0 amide bonds. The van der Waals surface area contributed by atoms with Crippen molar-refractivity contribution in [3.8, 4) is 0 Å². The molecule has 0 aliphatic rings. The van der Waals surface area contributed by atoms with Gasteiger partial charge in [-0.25, -0.2) is 0 Å². The van der Waals surface area contributed by atoms with Crippen molar-refractivity contribution in [2.45, 2.75) is 64.8 Å². The monoisotopic (exact) mass is 273 g/mol. The van der Waals surface area contributed by atoms with Crippen LogP contribution in [0.15, 0.2) is 36.9 Å². The van der Waals surface area contributed by atoms with E-state index in [1.165, 1.54) is 49.7 Å². The Balaban J connectivity index is 2.31. The topological polar surface area (TPSA) is 12.0 Å². The molecular weight excluding hydrogens is 242 g/mol. The van der Waals surface area contributed by atoms with Gasteiger partial charge in [-0.05, 0) is 56.7 Å². The van der Waals surface area contributed by atoms with Crippen LogP contribution in [-0.2, 0) is 6.42 Å². The van der Waals surface area contributed by atoms with Crippen molar-refractivity contribution in [2.24, 2.45) is 0 Å². The third-order valence-electron chi connectivity index (χ3n) is 3.98. The summed E-state index contributed by atoms with van der Waals surface area (Å²) in [7, 11) is 0. The molecule has 0 radical (unpaired) electrons. The van der Waals surface area contributed by atoms with E-state index in [1.54, 1.807) is 0 Å². The lowest BCUT2D eigenvalue weighted by molar-refractivity contribution is 0.442. The third-order valence-corrected chi connectivity index (χ3v) is 3.98. The Morgan fingerprint density at radius 1 is 1.15 bits per heavy atom. The molecule has 1 unspecified atom stereocenters. The fourth-order valence-electron chi connectivity index (χ4n) is 2.71. The van der Waals surface area contributed by atoms with Crippen molar-refractivity contribution in [1.82, 2.24) is 5.32 Å². The van der Waals surface area contributed by atoms with Crippen LogP contribution in [0.4, 0.5) is 0 Å². The molecule has 0 aliphatic carbocycles. The maximum atomic E-state index is 3.78. The van der Waals surface area contributed by atoms with E-state index in [1.807, 2.05) is 6.08 Å². The molecular formula is C19H31N. The van der Waals surface area contributed by atoms with Gasteiger partial charge in [0.05, 0.1) is 0 Å². The van der Waals surface area contributed by atoms with Crippen LogP contribution in [0.25, 0.3) is 0 Å². The summed E-state index contributed by atoms with van der Waals surface area (Å²) in [5.74, 6) is 0. The zero-order chi connectivity index (χ0) is 14.6. The molecule has 1 aromatic carbocycles. The van der Waals surface area contributed by atoms with Crippen LogP contribution in [0.3, 0.4) is 0 Å². The highest BCUT2D eigenvalue weighted by Gasteiger charge is 2.08. The van der Waals surface area contributed by atoms with Gasteiger partial charge in [0.25, 0.3) is 0 Å². The molecule has 1 aromatic rings. The number of benzene rings is 1. The lowest BCUT2D eigenvalue weighted by Crippen LogP contribution is -2.29. The smallest absolute Gasteiger partial charge is 0.00701 e. The second kappa shape index (κ2) is 10.7. The first-order valence-corrected chi connectivity index (χ1v) is 8.16. The van der Waals surface area contributed by atoms with Gasteiger partial charge in [-0.3, -0.25) is 0 Å². The molecule has 1 nitrogen and oxygen atoms in total. The van der Waals surface area contributed by atoms with Crippen LogP contribution in [0, 0.1) is 6.92 Å². The molecule has 20 heavy (non-hydrogen) atoms. The molecule has 0 saturated heterocycles. The van der Waals surface area contributed by atoms with Gasteiger partial charge in [0.15, 0.2) is 0 Å². The number of hydrogen-bond donors (Lipinski definition) is 1. The van der Waals surface area contributed by atoms with E-state index >= 15 is 0 Å². The lowest BCUT2D eigenvalue weighted by atomic mass is 9.97. The molecule has 0 aromatic heterocycles. The first-order chi connectivity index (χ1) is 9.77. The van der Waals surface area contributed by atoms with Crippen molar-refractivity contribution >= 4 is 0 Å². The van der Waals surface area contributed by atoms with Gasteiger partial charge >= 0.3 is 0 Å². The fourth-order valence-corrected chi connectivity index (χ4v) is 2.71. The van der Waals surface area contributed by atoms with Crippen molar-refractivity contribution in [3.63, 3.8) is 0 Å². The number of hydrogen-bond acceptors (Lipinski definition) is 1. The van der Waals surface area contributed by atoms with E-state index in [0.29, 0.717) is 6.04 Å². The molecule has 1 rings (SSSR count). The Morgan fingerprint density at radius 3 is 2.65 bits per heavy atom. The summed E-state index contributed by atoms with van der Waals surface area (Å²) in [4.78, 5) is 0. The van der Waals surface area contributed by atoms with Gasteiger partial charge in [-0.15, -0.1) is 6.58 Å². The number of aryl methyl sites for hydroxylation is 2. The van der Waals surface area contributed by atoms with Gasteiger partial charge in [0.1, 0.15) is 0 Å². The largest absolute Gasteiger partial charge is 0.314 e. The predicted molar refractivity (Wildman–Crippen MR) is 90.2 cm³/mol. The average Bonchev–Trinajstić information content (AvgIpc) is 2.46. The van der Waals surface area contributed by atoms with Crippen LogP contribution in [0.5, 0.6) is 0 Å². The number of nitrogens with one attached hydrogen (secondary N) is 1. The van der Waals surface area contributed by atoms with Gasteiger partial charge < -0.3 is 5.32 Å². The summed E-state index contributed by atoms with van der Waals surface area (Å²) < 4.78 is 0. The first-order valence-electron chi connectivity index (χ1n) is 8.16. The normalized spacial score (nSPS) is 12.3. The minimum Gasteiger partial charge on any atom is -0.314 e. The van der Waals surface area contributed by atoms with Crippen molar-refractivity contribution < 1.29 is 0 Å². The van der Waals surface area contributed by atoms with E-state index < -0.39 is 0 Å². The van der Waals surface area contributed by atoms with E-state index in [2.05, 4.69) is 50.0 Å². The molecule has 0 spiro atoms. The number of allylic oxidation sites excluding steroid dienone is 1. The third kappa shape index (κ3) is 6.91. The fraction of sp³-hybridized carbons (Fsp3) is 0.579. The first kappa shape index (κ1) is 17.0. The second-order valence-corrected chi connectivity index (χ2v) is 5.65. The van der Waals surface area contributed by atoms with Crippen LogP contribution in [0.1, 0.15) is 56.6 Å².